The highest BCUT2D eigenvalue weighted by Crippen LogP contribution is 2.19. The van der Waals surface area contributed by atoms with Gasteiger partial charge >= 0.3 is 0 Å². The lowest BCUT2D eigenvalue weighted by atomic mass is 10.1. The molecule has 180 valence electrons. The summed E-state index contributed by atoms with van der Waals surface area (Å²) >= 11 is 0. The molecule has 5 nitrogen and oxygen atoms in total. The Hall–Kier alpha value is -2.93. The van der Waals surface area contributed by atoms with E-state index in [9.17, 15) is 9.50 Å². The van der Waals surface area contributed by atoms with E-state index in [2.05, 4.69) is 58.4 Å². The monoisotopic (exact) mass is 463 g/mol. The van der Waals surface area contributed by atoms with Crippen molar-refractivity contribution in [3.8, 4) is 0 Å². The molecular weight excluding hydrogens is 429 g/mol. The quantitative estimate of drug-likeness (QED) is 0.465. The van der Waals surface area contributed by atoms with E-state index in [-0.39, 0.29) is 19.0 Å². The fourth-order valence-corrected chi connectivity index (χ4v) is 4.19. The molecule has 1 atom stereocenters. The van der Waals surface area contributed by atoms with E-state index in [1.54, 1.807) is 18.2 Å². The van der Waals surface area contributed by atoms with Gasteiger partial charge in [-0.3, -0.25) is 4.90 Å². The van der Waals surface area contributed by atoms with Crippen LogP contribution in [0.4, 0.5) is 15.8 Å². The molecule has 1 heterocycles. The minimum absolute atomic E-state index is 0.147. The van der Waals surface area contributed by atoms with Crippen molar-refractivity contribution in [2.24, 2.45) is 0 Å². The Labute approximate surface area is 201 Å². The molecule has 1 fully saturated rings. The van der Waals surface area contributed by atoms with Gasteiger partial charge in [0.05, 0.1) is 19.3 Å². The van der Waals surface area contributed by atoms with Crippen LogP contribution in [0.3, 0.4) is 0 Å². The van der Waals surface area contributed by atoms with Gasteiger partial charge in [-0.05, 0) is 48.4 Å². The van der Waals surface area contributed by atoms with Crippen molar-refractivity contribution in [1.82, 2.24) is 4.90 Å². The third-order valence-electron chi connectivity index (χ3n) is 6.17. The van der Waals surface area contributed by atoms with Crippen LogP contribution in [0.1, 0.15) is 16.7 Å². The normalized spacial score (nSPS) is 15.3. The van der Waals surface area contributed by atoms with E-state index < -0.39 is 6.10 Å². The Balaban J connectivity index is 1.15. The highest BCUT2D eigenvalue weighted by molar-refractivity contribution is 5.49. The molecule has 0 radical (unpaired) electrons. The lowest BCUT2D eigenvalue weighted by molar-refractivity contribution is 0.0338. The Morgan fingerprint density at radius 2 is 1.74 bits per heavy atom. The average Bonchev–Trinajstić information content (AvgIpc) is 2.85. The van der Waals surface area contributed by atoms with Crippen LogP contribution in [-0.2, 0) is 17.9 Å². The van der Waals surface area contributed by atoms with Gasteiger partial charge in [0.1, 0.15) is 5.82 Å². The van der Waals surface area contributed by atoms with Crippen molar-refractivity contribution in [2.75, 3.05) is 49.5 Å². The zero-order valence-corrected chi connectivity index (χ0v) is 19.8. The third kappa shape index (κ3) is 7.03. The summed E-state index contributed by atoms with van der Waals surface area (Å²) in [5.41, 5.74) is 5.35. The average molecular weight is 464 g/mol. The van der Waals surface area contributed by atoms with Crippen LogP contribution in [0.5, 0.6) is 0 Å². The first-order valence-corrected chi connectivity index (χ1v) is 11.9. The van der Waals surface area contributed by atoms with Crippen LogP contribution >= 0.6 is 0 Å². The van der Waals surface area contributed by atoms with Gasteiger partial charge in [0.15, 0.2) is 0 Å². The van der Waals surface area contributed by atoms with Crippen molar-refractivity contribution >= 4 is 11.4 Å². The molecule has 0 amide bonds. The first-order chi connectivity index (χ1) is 16.6. The summed E-state index contributed by atoms with van der Waals surface area (Å²) in [4.78, 5) is 4.95. The standard InChI is InChI=1S/C28H34FN3O2/c1-22-5-4-7-26(17-22)32-15-13-31(14-16-32)19-23-9-11-25(12-10-23)30-18-27(33)21-34-20-24-6-2-3-8-28(24)29/h2-12,17,27,30,33H,13-16,18-21H2,1H3. The minimum Gasteiger partial charge on any atom is -0.389 e. The number of benzene rings is 3. The van der Waals surface area contributed by atoms with Gasteiger partial charge in [-0.25, -0.2) is 4.39 Å². The van der Waals surface area contributed by atoms with Gasteiger partial charge in [-0.15, -0.1) is 0 Å². The minimum atomic E-state index is -0.670. The second-order valence-corrected chi connectivity index (χ2v) is 8.94. The van der Waals surface area contributed by atoms with Crippen molar-refractivity contribution in [1.29, 1.82) is 0 Å². The maximum Gasteiger partial charge on any atom is 0.128 e. The molecule has 0 saturated carbocycles. The highest BCUT2D eigenvalue weighted by Gasteiger charge is 2.17. The van der Waals surface area contributed by atoms with Gasteiger partial charge in [0, 0.05) is 56.2 Å². The summed E-state index contributed by atoms with van der Waals surface area (Å²) in [6.07, 6.45) is -0.670. The summed E-state index contributed by atoms with van der Waals surface area (Å²) in [6, 6.07) is 23.6. The molecule has 3 aromatic rings. The number of nitrogens with one attached hydrogen (secondary N) is 1. The molecule has 4 rings (SSSR count). The predicted molar refractivity (Wildman–Crippen MR) is 136 cm³/mol. The van der Waals surface area contributed by atoms with Crippen LogP contribution < -0.4 is 10.2 Å². The molecule has 6 heteroatoms. The zero-order valence-electron chi connectivity index (χ0n) is 19.8. The van der Waals surface area contributed by atoms with Gasteiger partial charge in [-0.1, -0.05) is 42.5 Å². The Morgan fingerprint density at radius 3 is 2.47 bits per heavy atom. The predicted octanol–water partition coefficient (Wildman–Crippen LogP) is 4.45. The van der Waals surface area contributed by atoms with Crippen LogP contribution in [-0.4, -0.2) is 55.4 Å². The SMILES string of the molecule is Cc1cccc(N2CCN(Cc3ccc(NCC(O)COCc4ccccc4F)cc3)CC2)c1. The molecular formula is C28H34FN3O2. The van der Waals surface area contributed by atoms with E-state index in [0.717, 1.165) is 38.4 Å². The van der Waals surface area contributed by atoms with Crippen LogP contribution in [0.2, 0.25) is 0 Å². The summed E-state index contributed by atoms with van der Waals surface area (Å²) in [5, 5.41) is 13.4. The summed E-state index contributed by atoms with van der Waals surface area (Å²) in [7, 11) is 0. The molecule has 0 bridgehead atoms. The number of aryl methyl sites for hydroxylation is 1. The van der Waals surface area contributed by atoms with Gasteiger partial charge in [0.2, 0.25) is 0 Å². The summed E-state index contributed by atoms with van der Waals surface area (Å²) < 4.78 is 19.1. The largest absolute Gasteiger partial charge is 0.389 e. The van der Waals surface area contributed by atoms with Crippen molar-refractivity contribution in [2.45, 2.75) is 26.2 Å². The molecule has 1 saturated heterocycles. The lowest BCUT2D eigenvalue weighted by Gasteiger charge is -2.36. The van der Waals surface area contributed by atoms with E-state index in [0.29, 0.717) is 12.1 Å². The lowest BCUT2D eigenvalue weighted by Crippen LogP contribution is -2.45. The molecule has 1 aliphatic rings. The number of hydrogen-bond acceptors (Lipinski definition) is 5. The first-order valence-electron chi connectivity index (χ1n) is 11.9. The van der Waals surface area contributed by atoms with E-state index in [1.807, 2.05) is 12.1 Å². The van der Waals surface area contributed by atoms with Crippen LogP contribution in [0.25, 0.3) is 0 Å². The fourth-order valence-electron chi connectivity index (χ4n) is 4.19. The molecule has 1 aliphatic heterocycles. The second kappa shape index (κ2) is 12.0. The molecule has 0 aromatic heterocycles. The zero-order chi connectivity index (χ0) is 23.8. The Kier molecular flexibility index (Phi) is 8.52. The Morgan fingerprint density at radius 1 is 0.971 bits per heavy atom. The van der Waals surface area contributed by atoms with Gasteiger partial charge in [0.25, 0.3) is 0 Å². The van der Waals surface area contributed by atoms with E-state index in [1.165, 1.54) is 22.9 Å². The van der Waals surface area contributed by atoms with Crippen molar-refractivity contribution in [3.63, 3.8) is 0 Å². The molecule has 2 N–H and O–H groups in total. The summed E-state index contributed by atoms with van der Waals surface area (Å²) in [5.74, 6) is -0.289. The number of aliphatic hydroxyl groups excluding tert-OH is 1. The molecule has 0 spiro atoms. The summed E-state index contributed by atoms with van der Waals surface area (Å²) in [6.45, 7) is 7.93. The first kappa shape index (κ1) is 24.2. The number of ether oxygens (including phenoxy) is 1. The Bertz CT molecular complexity index is 1040. The molecule has 34 heavy (non-hydrogen) atoms. The van der Waals surface area contributed by atoms with E-state index >= 15 is 0 Å². The third-order valence-corrected chi connectivity index (χ3v) is 6.17. The van der Waals surface area contributed by atoms with Crippen molar-refractivity contribution in [3.05, 3.63) is 95.3 Å². The van der Waals surface area contributed by atoms with Crippen LogP contribution in [0.15, 0.2) is 72.8 Å². The number of piperazine rings is 1. The van der Waals surface area contributed by atoms with Gasteiger partial charge in [-0.2, -0.15) is 0 Å². The maximum absolute atomic E-state index is 13.6. The van der Waals surface area contributed by atoms with Crippen molar-refractivity contribution < 1.29 is 14.2 Å². The fraction of sp³-hybridized carbons (Fsp3) is 0.357. The van der Waals surface area contributed by atoms with E-state index in [4.69, 9.17) is 4.74 Å². The van der Waals surface area contributed by atoms with Gasteiger partial charge < -0.3 is 20.1 Å². The smallest absolute Gasteiger partial charge is 0.128 e. The van der Waals surface area contributed by atoms with Crippen LogP contribution in [0, 0.1) is 12.7 Å². The molecule has 0 aliphatic carbocycles. The molecule has 1 unspecified atom stereocenters. The highest BCUT2D eigenvalue weighted by atomic mass is 19.1. The maximum atomic E-state index is 13.6. The number of anilines is 2. The number of nitrogens with zero attached hydrogens (tertiary/aromatic N) is 2. The second-order valence-electron chi connectivity index (χ2n) is 8.94. The number of rotatable bonds is 10. The number of aliphatic hydroxyl groups is 1. The number of hydrogen-bond donors (Lipinski definition) is 2. The molecule has 3 aromatic carbocycles. The topological polar surface area (TPSA) is 48.0 Å². The number of halogens is 1.